The molecule has 0 aliphatic carbocycles. The van der Waals surface area contributed by atoms with Gasteiger partial charge >= 0.3 is 0 Å². The fourth-order valence-electron chi connectivity index (χ4n) is 3.09. The summed E-state index contributed by atoms with van der Waals surface area (Å²) in [5.74, 6) is 1.47. The maximum atomic E-state index is 10.3. The molecule has 1 N–H and O–H groups in total. The first-order chi connectivity index (χ1) is 11.7. The third-order valence-corrected chi connectivity index (χ3v) is 4.29. The molecular formula is C19H16N4O. The summed E-state index contributed by atoms with van der Waals surface area (Å²) in [5, 5.41) is 20.1. The van der Waals surface area contributed by atoms with Crippen LogP contribution in [0.3, 0.4) is 0 Å². The van der Waals surface area contributed by atoms with Crippen LogP contribution >= 0.6 is 0 Å². The SMILES string of the molecule is N#CCC1(O)CN(c2nc(-c3ccccc3)nc3ccccc23)C1. The highest BCUT2D eigenvalue weighted by molar-refractivity contribution is 5.91. The van der Waals surface area contributed by atoms with Gasteiger partial charge in [-0.3, -0.25) is 0 Å². The van der Waals surface area contributed by atoms with Gasteiger partial charge in [0.1, 0.15) is 11.4 Å². The summed E-state index contributed by atoms with van der Waals surface area (Å²) in [4.78, 5) is 11.4. The molecule has 0 radical (unpaired) electrons. The average molecular weight is 316 g/mol. The molecule has 0 bridgehead atoms. The monoisotopic (exact) mass is 316 g/mol. The Kier molecular flexibility index (Phi) is 3.40. The second-order valence-corrected chi connectivity index (χ2v) is 6.17. The minimum Gasteiger partial charge on any atom is -0.385 e. The summed E-state index contributed by atoms with van der Waals surface area (Å²) in [6.45, 7) is 0.825. The molecule has 1 aromatic heterocycles. The molecule has 1 saturated heterocycles. The highest BCUT2D eigenvalue weighted by atomic mass is 16.3. The third kappa shape index (κ3) is 2.47. The maximum Gasteiger partial charge on any atom is 0.162 e. The van der Waals surface area contributed by atoms with Gasteiger partial charge in [-0.25, -0.2) is 9.97 Å². The predicted octanol–water partition coefficient (Wildman–Crippen LogP) is 2.76. The number of fused-ring (bicyclic) bond motifs is 1. The summed E-state index contributed by atoms with van der Waals surface area (Å²) in [5.41, 5.74) is 0.891. The van der Waals surface area contributed by atoms with Gasteiger partial charge in [0.2, 0.25) is 0 Å². The lowest BCUT2D eigenvalue weighted by atomic mass is 9.91. The van der Waals surface area contributed by atoms with E-state index in [2.05, 4.69) is 4.98 Å². The van der Waals surface area contributed by atoms with E-state index in [4.69, 9.17) is 10.2 Å². The summed E-state index contributed by atoms with van der Waals surface area (Å²) in [6.07, 6.45) is 0.137. The number of rotatable bonds is 3. The summed E-state index contributed by atoms with van der Waals surface area (Å²) >= 11 is 0. The van der Waals surface area contributed by atoms with E-state index in [-0.39, 0.29) is 6.42 Å². The van der Waals surface area contributed by atoms with Crippen molar-refractivity contribution in [1.29, 1.82) is 5.26 Å². The van der Waals surface area contributed by atoms with E-state index in [0.29, 0.717) is 18.9 Å². The minimum absolute atomic E-state index is 0.137. The molecule has 5 nitrogen and oxygen atoms in total. The number of nitriles is 1. The Morgan fingerprint density at radius 2 is 1.75 bits per heavy atom. The van der Waals surface area contributed by atoms with Crippen LogP contribution in [0.5, 0.6) is 0 Å². The zero-order chi connectivity index (χ0) is 16.6. The van der Waals surface area contributed by atoms with Crippen molar-refractivity contribution in [1.82, 2.24) is 9.97 Å². The van der Waals surface area contributed by atoms with Crippen LogP contribution in [0.25, 0.3) is 22.3 Å². The molecule has 2 heterocycles. The number of hydrogen-bond donors (Lipinski definition) is 1. The van der Waals surface area contributed by atoms with Crippen LogP contribution in [0, 0.1) is 11.3 Å². The molecule has 24 heavy (non-hydrogen) atoms. The first-order valence-corrected chi connectivity index (χ1v) is 7.85. The zero-order valence-electron chi connectivity index (χ0n) is 13.1. The summed E-state index contributed by atoms with van der Waals surface area (Å²) in [7, 11) is 0. The Morgan fingerprint density at radius 3 is 2.50 bits per heavy atom. The summed E-state index contributed by atoms with van der Waals surface area (Å²) in [6, 6.07) is 19.8. The molecule has 1 fully saturated rings. The second-order valence-electron chi connectivity index (χ2n) is 6.17. The number of para-hydroxylation sites is 1. The van der Waals surface area contributed by atoms with Crippen LogP contribution in [-0.4, -0.2) is 33.8 Å². The van der Waals surface area contributed by atoms with Crippen LogP contribution in [0.2, 0.25) is 0 Å². The Labute approximate surface area is 139 Å². The van der Waals surface area contributed by atoms with E-state index < -0.39 is 5.60 Å². The Morgan fingerprint density at radius 1 is 1.04 bits per heavy atom. The van der Waals surface area contributed by atoms with Gasteiger partial charge in [0, 0.05) is 10.9 Å². The number of hydrogen-bond acceptors (Lipinski definition) is 5. The van der Waals surface area contributed by atoms with Crippen molar-refractivity contribution in [3.05, 3.63) is 54.6 Å². The Hall–Kier alpha value is -2.97. The van der Waals surface area contributed by atoms with Crippen molar-refractivity contribution in [2.24, 2.45) is 0 Å². The van der Waals surface area contributed by atoms with Gasteiger partial charge in [-0.2, -0.15) is 5.26 Å². The molecule has 0 saturated carbocycles. The highest BCUT2D eigenvalue weighted by Crippen LogP contribution is 2.34. The van der Waals surface area contributed by atoms with Gasteiger partial charge < -0.3 is 10.0 Å². The van der Waals surface area contributed by atoms with E-state index in [1.165, 1.54) is 0 Å². The van der Waals surface area contributed by atoms with Gasteiger partial charge in [-0.1, -0.05) is 42.5 Å². The fourth-order valence-corrected chi connectivity index (χ4v) is 3.09. The third-order valence-electron chi connectivity index (χ3n) is 4.29. The Bertz CT molecular complexity index is 927. The molecule has 0 atom stereocenters. The van der Waals surface area contributed by atoms with Crippen LogP contribution in [0.1, 0.15) is 6.42 Å². The largest absolute Gasteiger partial charge is 0.385 e. The van der Waals surface area contributed by atoms with Crippen molar-refractivity contribution < 1.29 is 5.11 Å². The van der Waals surface area contributed by atoms with E-state index in [9.17, 15) is 5.11 Å². The van der Waals surface area contributed by atoms with Crippen molar-refractivity contribution >= 4 is 16.7 Å². The van der Waals surface area contributed by atoms with E-state index in [1.54, 1.807) is 0 Å². The van der Waals surface area contributed by atoms with Crippen molar-refractivity contribution in [2.45, 2.75) is 12.0 Å². The van der Waals surface area contributed by atoms with E-state index in [0.717, 1.165) is 22.3 Å². The molecule has 2 aromatic carbocycles. The van der Waals surface area contributed by atoms with Gasteiger partial charge in [0.25, 0.3) is 0 Å². The van der Waals surface area contributed by atoms with Crippen LogP contribution in [-0.2, 0) is 0 Å². The predicted molar refractivity (Wildman–Crippen MR) is 92.4 cm³/mol. The summed E-state index contributed by atoms with van der Waals surface area (Å²) < 4.78 is 0. The quantitative estimate of drug-likeness (QED) is 0.804. The van der Waals surface area contributed by atoms with E-state index >= 15 is 0 Å². The number of anilines is 1. The number of benzene rings is 2. The molecular weight excluding hydrogens is 300 g/mol. The molecule has 0 amide bonds. The smallest absolute Gasteiger partial charge is 0.162 e. The normalized spacial score (nSPS) is 15.8. The molecule has 0 unspecified atom stereocenters. The van der Waals surface area contributed by atoms with E-state index in [1.807, 2.05) is 65.6 Å². The lowest BCUT2D eigenvalue weighted by molar-refractivity contribution is 0.0164. The number of nitrogens with zero attached hydrogens (tertiary/aromatic N) is 4. The van der Waals surface area contributed by atoms with Gasteiger partial charge in [0.15, 0.2) is 5.82 Å². The highest BCUT2D eigenvalue weighted by Gasteiger charge is 2.42. The van der Waals surface area contributed by atoms with Crippen molar-refractivity contribution in [3.63, 3.8) is 0 Å². The van der Waals surface area contributed by atoms with Gasteiger partial charge in [-0.05, 0) is 12.1 Å². The molecule has 5 heteroatoms. The fraction of sp³-hybridized carbons (Fsp3) is 0.211. The topological polar surface area (TPSA) is 73.0 Å². The number of aromatic nitrogens is 2. The minimum atomic E-state index is -0.937. The van der Waals surface area contributed by atoms with Crippen LogP contribution in [0.4, 0.5) is 5.82 Å². The standard InChI is InChI=1S/C19H16N4O/c20-11-10-19(24)12-23(13-19)18-15-8-4-5-9-16(15)21-17(22-18)14-6-2-1-3-7-14/h1-9,24H,10,12-13H2. The lowest BCUT2D eigenvalue weighted by Crippen LogP contribution is -2.62. The first-order valence-electron chi connectivity index (χ1n) is 7.85. The van der Waals surface area contributed by atoms with Crippen LogP contribution in [0.15, 0.2) is 54.6 Å². The molecule has 0 spiro atoms. The maximum absolute atomic E-state index is 10.3. The molecule has 1 aliphatic rings. The van der Waals surface area contributed by atoms with Crippen molar-refractivity contribution in [3.8, 4) is 17.5 Å². The molecule has 4 rings (SSSR count). The lowest BCUT2D eigenvalue weighted by Gasteiger charge is -2.46. The number of aliphatic hydroxyl groups is 1. The second kappa shape index (κ2) is 5.59. The zero-order valence-corrected chi connectivity index (χ0v) is 13.1. The molecule has 1 aliphatic heterocycles. The molecule has 3 aromatic rings. The Balaban J connectivity index is 1.79. The van der Waals surface area contributed by atoms with Gasteiger partial charge in [0.05, 0.1) is 31.1 Å². The van der Waals surface area contributed by atoms with Crippen molar-refractivity contribution in [2.75, 3.05) is 18.0 Å². The average Bonchev–Trinajstić information content (AvgIpc) is 2.59. The number of β-amino-alcohol motifs (C(OH)–C–C–N with tert-alkyl or cyclic N) is 1. The van der Waals surface area contributed by atoms with Crippen LogP contribution < -0.4 is 4.90 Å². The van der Waals surface area contributed by atoms with Gasteiger partial charge in [-0.15, -0.1) is 0 Å². The molecule has 118 valence electrons. The first kappa shape index (κ1) is 14.6.